The molecule has 2 fully saturated rings. The lowest BCUT2D eigenvalue weighted by molar-refractivity contribution is -0.105. The second kappa shape index (κ2) is 7.32. The van der Waals surface area contributed by atoms with Gasteiger partial charge in [-0.25, -0.2) is 0 Å². The first-order chi connectivity index (χ1) is 12.3. The molecule has 1 aromatic rings. The van der Waals surface area contributed by atoms with Gasteiger partial charge < -0.3 is 14.2 Å². The lowest BCUT2D eigenvalue weighted by atomic mass is 9.47. The lowest BCUT2D eigenvalue weighted by Gasteiger charge is -2.59. The normalized spacial score (nSPS) is 33.2. The van der Waals surface area contributed by atoms with Crippen molar-refractivity contribution in [2.45, 2.75) is 59.8 Å². The first kappa shape index (κ1) is 19.4. The maximum absolute atomic E-state index is 6.32. The Morgan fingerprint density at radius 3 is 2.15 bits per heavy atom. The largest absolute Gasteiger partial charge is 0.496 e. The highest BCUT2D eigenvalue weighted by Gasteiger charge is 2.53. The minimum absolute atomic E-state index is 0.377. The van der Waals surface area contributed by atoms with Crippen LogP contribution in [0.25, 0.3) is 0 Å². The van der Waals surface area contributed by atoms with E-state index in [1.165, 1.54) is 32.1 Å². The van der Waals surface area contributed by atoms with Crippen molar-refractivity contribution in [1.82, 2.24) is 0 Å². The minimum Gasteiger partial charge on any atom is -0.496 e. The van der Waals surface area contributed by atoms with Gasteiger partial charge in [0.15, 0.2) is 0 Å². The van der Waals surface area contributed by atoms with E-state index in [0.717, 1.165) is 29.8 Å². The first-order valence-electron chi connectivity index (χ1n) is 10.2. The number of fused-ring (bicyclic) bond motifs is 1. The van der Waals surface area contributed by atoms with Crippen molar-refractivity contribution in [3.05, 3.63) is 18.2 Å². The van der Waals surface area contributed by atoms with Gasteiger partial charge in [-0.1, -0.05) is 34.1 Å². The van der Waals surface area contributed by atoms with Gasteiger partial charge in [0.05, 0.1) is 20.8 Å². The molecule has 0 aromatic heterocycles. The van der Waals surface area contributed by atoms with Crippen molar-refractivity contribution < 1.29 is 14.2 Å². The number of benzene rings is 1. The smallest absolute Gasteiger partial charge is 0.126 e. The van der Waals surface area contributed by atoms with Crippen LogP contribution < -0.4 is 14.2 Å². The number of rotatable bonds is 5. The highest BCUT2D eigenvalue weighted by atomic mass is 16.5. The molecule has 3 nitrogen and oxygen atoms in total. The molecule has 1 aromatic carbocycles. The van der Waals surface area contributed by atoms with E-state index in [-0.39, 0.29) is 0 Å². The lowest BCUT2D eigenvalue weighted by Crippen LogP contribution is -2.52. The third-order valence-electron chi connectivity index (χ3n) is 7.48. The zero-order valence-electron chi connectivity index (χ0n) is 17.4. The summed E-state index contributed by atoms with van der Waals surface area (Å²) in [5.41, 5.74) is 0.826. The minimum atomic E-state index is 0.377. The van der Waals surface area contributed by atoms with E-state index >= 15 is 0 Å². The Bertz CT molecular complexity index is 602. The fourth-order valence-corrected chi connectivity index (χ4v) is 6.02. The molecule has 146 valence electrons. The van der Waals surface area contributed by atoms with Gasteiger partial charge in [0.2, 0.25) is 0 Å². The molecule has 0 N–H and O–H groups in total. The number of hydrogen-bond donors (Lipinski definition) is 0. The molecule has 0 saturated heterocycles. The van der Waals surface area contributed by atoms with Crippen molar-refractivity contribution in [3.8, 4) is 17.2 Å². The van der Waals surface area contributed by atoms with Gasteiger partial charge in [-0.05, 0) is 48.3 Å². The van der Waals surface area contributed by atoms with Gasteiger partial charge >= 0.3 is 0 Å². The standard InChI is InChI=1S/C23H36O3/c1-16-8-9-21-22(2,3)10-7-11-23(21,4)20(16)15-26-19-13-17(24-5)12-18(14-19)25-6/h12-14,16,20-21H,7-11,15H2,1-6H3/t16-,20+,21+,23-/m1/s1. The molecule has 0 bridgehead atoms. The molecule has 2 aliphatic rings. The highest BCUT2D eigenvalue weighted by molar-refractivity contribution is 5.42. The summed E-state index contributed by atoms with van der Waals surface area (Å²) in [7, 11) is 3.36. The van der Waals surface area contributed by atoms with E-state index in [9.17, 15) is 0 Å². The van der Waals surface area contributed by atoms with Crippen LogP contribution in [0.3, 0.4) is 0 Å². The fraction of sp³-hybridized carbons (Fsp3) is 0.739. The SMILES string of the molecule is COc1cc(OC)cc(OC[C@H]2[C@H](C)CC[C@H]3C(C)(C)CCC[C@]23C)c1. The number of ether oxygens (including phenoxy) is 3. The molecule has 2 saturated carbocycles. The van der Waals surface area contributed by atoms with E-state index in [4.69, 9.17) is 14.2 Å². The summed E-state index contributed by atoms with van der Waals surface area (Å²) in [6.07, 6.45) is 6.73. The van der Waals surface area contributed by atoms with E-state index in [0.29, 0.717) is 22.7 Å². The molecule has 0 heterocycles. The van der Waals surface area contributed by atoms with Crippen LogP contribution in [0.2, 0.25) is 0 Å². The number of hydrogen-bond acceptors (Lipinski definition) is 3. The van der Waals surface area contributed by atoms with Crippen LogP contribution >= 0.6 is 0 Å². The highest BCUT2D eigenvalue weighted by Crippen LogP contribution is 2.61. The van der Waals surface area contributed by atoms with Gasteiger partial charge in [0.25, 0.3) is 0 Å². The summed E-state index contributed by atoms with van der Waals surface area (Å²) in [5.74, 6) is 4.50. The predicted molar refractivity (Wildman–Crippen MR) is 106 cm³/mol. The van der Waals surface area contributed by atoms with Crippen LogP contribution in [0.15, 0.2) is 18.2 Å². The van der Waals surface area contributed by atoms with Gasteiger partial charge in [-0.2, -0.15) is 0 Å². The van der Waals surface area contributed by atoms with Gasteiger partial charge in [-0.15, -0.1) is 0 Å². The van der Waals surface area contributed by atoms with Crippen LogP contribution in [-0.2, 0) is 0 Å². The Hall–Kier alpha value is -1.38. The van der Waals surface area contributed by atoms with Crippen molar-refractivity contribution >= 4 is 0 Å². The Morgan fingerprint density at radius 1 is 0.923 bits per heavy atom. The average molecular weight is 361 g/mol. The summed E-state index contributed by atoms with van der Waals surface area (Å²) < 4.78 is 17.1. The zero-order valence-corrected chi connectivity index (χ0v) is 17.4. The van der Waals surface area contributed by atoms with Crippen molar-refractivity contribution in [3.63, 3.8) is 0 Å². The first-order valence-corrected chi connectivity index (χ1v) is 10.2. The molecular formula is C23H36O3. The van der Waals surface area contributed by atoms with Gasteiger partial charge in [0.1, 0.15) is 17.2 Å². The number of methoxy groups -OCH3 is 2. The van der Waals surface area contributed by atoms with Gasteiger partial charge in [0, 0.05) is 24.1 Å². The molecule has 0 amide bonds. The quantitative estimate of drug-likeness (QED) is 0.648. The Kier molecular flexibility index (Phi) is 5.46. The molecule has 0 aliphatic heterocycles. The van der Waals surface area contributed by atoms with E-state index in [1.807, 2.05) is 18.2 Å². The fourth-order valence-electron chi connectivity index (χ4n) is 6.02. The van der Waals surface area contributed by atoms with Crippen LogP contribution in [0, 0.1) is 28.6 Å². The topological polar surface area (TPSA) is 27.7 Å². The molecule has 3 rings (SSSR count). The predicted octanol–water partition coefficient (Wildman–Crippen LogP) is 5.96. The van der Waals surface area contributed by atoms with Crippen LogP contribution in [0.4, 0.5) is 0 Å². The van der Waals surface area contributed by atoms with Crippen molar-refractivity contribution in [2.24, 2.45) is 28.6 Å². The molecule has 4 atom stereocenters. The molecular weight excluding hydrogens is 324 g/mol. The average Bonchev–Trinajstić information content (AvgIpc) is 2.59. The third-order valence-corrected chi connectivity index (χ3v) is 7.48. The maximum atomic E-state index is 6.32. The molecule has 3 heteroatoms. The van der Waals surface area contributed by atoms with Crippen LogP contribution in [-0.4, -0.2) is 20.8 Å². The second-order valence-electron chi connectivity index (χ2n) is 9.42. The van der Waals surface area contributed by atoms with E-state index in [1.54, 1.807) is 14.2 Å². The summed E-state index contributed by atoms with van der Waals surface area (Å²) >= 11 is 0. The Morgan fingerprint density at radius 2 is 1.54 bits per heavy atom. The maximum Gasteiger partial charge on any atom is 0.126 e. The van der Waals surface area contributed by atoms with Crippen LogP contribution in [0.1, 0.15) is 59.8 Å². The monoisotopic (exact) mass is 360 g/mol. The summed E-state index contributed by atoms with van der Waals surface area (Å²) in [4.78, 5) is 0. The van der Waals surface area contributed by atoms with Crippen LogP contribution in [0.5, 0.6) is 17.2 Å². The van der Waals surface area contributed by atoms with E-state index < -0.39 is 0 Å². The second-order valence-corrected chi connectivity index (χ2v) is 9.42. The van der Waals surface area contributed by atoms with Crippen molar-refractivity contribution in [1.29, 1.82) is 0 Å². The molecule has 0 radical (unpaired) electrons. The molecule has 2 aliphatic carbocycles. The summed E-state index contributed by atoms with van der Waals surface area (Å²) in [5, 5.41) is 0. The Balaban J connectivity index is 1.79. The van der Waals surface area contributed by atoms with Crippen molar-refractivity contribution in [2.75, 3.05) is 20.8 Å². The summed E-state index contributed by atoms with van der Waals surface area (Å²) in [6, 6.07) is 5.80. The molecule has 0 unspecified atom stereocenters. The zero-order chi connectivity index (χ0) is 18.9. The molecule has 26 heavy (non-hydrogen) atoms. The van der Waals surface area contributed by atoms with Gasteiger partial charge in [-0.3, -0.25) is 0 Å². The molecule has 0 spiro atoms. The summed E-state index contributed by atoms with van der Waals surface area (Å²) in [6.45, 7) is 10.7. The Labute approximate surface area is 159 Å². The third kappa shape index (κ3) is 3.54. The van der Waals surface area contributed by atoms with E-state index in [2.05, 4.69) is 27.7 Å².